The van der Waals surface area contributed by atoms with Crippen molar-refractivity contribution in [3.63, 3.8) is 0 Å². The number of nitriles is 1. The summed E-state index contributed by atoms with van der Waals surface area (Å²) in [5, 5.41) is 27.9. The van der Waals surface area contributed by atoms with Gasteiger partial charge in [0.05, 0.1) is 35.4 Å². The first-order chi connectivity index (χ1) is 14.2. The number of nitrogens with zero attached hydrogens (tertiary/aromatic N) is 3. The monoisotopic (exact) mass is 385 g/mol. The van der Waals surface area contributed by atoms with E-state index in [0.717, 1.165) is 22.3 Å². The fraction of sp³-hybridized carbons (Fsp3) is 0.130. The Labute approximate surface area is 167 Å². The molecule has 2 heterocycles. The summed E-state index contributed by atoms with van der Waals surface area (Å²) in [5.74, 6) is 1.34. The second-order valence-electron chi connectivity index (χ2n) is 6.67. The molecule has 0 unspecified atom stereocenters. The predicted octanol–water partition coefficient (Wildman–Crippen LogP) is 3.59. The van der Waals surface area contributed by atoms with Gasteiger partial charge in [-0.1, -0.05) is 0 Å². The Morgan fingerprint density at radius 1 is 1.03 bits per heavy atom. The molecule has 6 nitrogen and oxygen atoms in total. The molecule has 0 aliphatic rings. The summed E-state index contributed by atoms with van der Waals surface area (Å²) in [5.41, 5.74) is 4.12. The van der Waals surface area contributed by atoms with Crippen molar-refractivity contribution in [1.82, 2.24) is 9.55 Å². The zero-order chi connectivity index (χ0) is 20.2. The van der Waals surface area contributed by atoms with E-state index in [1.165, 1.54) is 0 Å². The number of hydrogen-bond acceptors (Lipinski definition) is 5. The van der Waals surface area contributed by atoms with E-state index in [2.05, 4.69) is 11.1 Å². The Balaban J connectivity index is 1.61. The number of ether oxygens (including phenoxy) is 1. The van der Waals surface area contributed by atoms with Crippen LogP contribution in [0.15, 0.2) is 73.1 Å². The van der Waals surface area contributed by atoms with Crippen LogP contribution in [0.25, 0.3) is 16.7 Å². The van der Waals surface area contributed by atoms with Crippen LogP contribution in [-0.2, 0) is 6.42 Å². The third kappa shape index (κ3) is 3.97. The van der Waals surface area contributed by atoms with Crippen LogP contribution in [-0.4, -0.2) is 32.5 Å². The minimum Gasteiger partial charge on any atom is -0.457 e. The summed E-state index contributed by atoms with van der Waals surface area (Å²) in [7, 11) is 0. The number of aromatic nitrogens is 2. The minimum atomic E-state index is -0.820. The van der Waals surface area contributed by atoms with E-state index in [1.54, 1.807) is 30.5 Å². The normalized spacial score (nSPS) is 11.9. The van der Waals surface area contributed by atoms with Crippen molar-refractivity contribution in [3.05, 3.63) is 84.2 Å². The Morgan fingerprint density at radius 3 is 2.38 bits per heavy atom. The fourth-order valence-electron chi connectivity index (χ4n) is 3.21. The van der Waals surface area contributed by atoms with Crippen LogP contribution in [0.2, 0.25) is 0 Å². The smallest absolute Gasteiger partial charge is 0.127 e. The minimum absolute atomic E-state index is 0.291. The summed E-state index contributed by atoms with van der Waals surface area (Å²) in [6.07, 6.45) is 3.17. The number of pyridine rings is 1. The fourth-order valence-corrected chi connectivity index (χ4v) is 3.21. The van der Waals surface area contributed by atoms with Crippen LogP contribution in [0, 0.1) is 11.3 Å². The predicted molar refractivity (Wildman–Crippen MR) is 109 cm³/mol. The maximum absolute atomic E-state index is 9.84. The number of benzene rings is 2. The molecule has 0 aliphatic heterocycles. The van der Waals surface area contributed by atoms with E-state index in [9.17, 15) is 5.11 Å². The highest BCUT2D eigenvalue weighted by molar-refractivity contribution is 5.81. The molecule has 29 heavy (non-hydrogen) atoms. The quantitative estimate of drug-likeness (QED) is 0.529. The van der Waals surface area contributed by atoms with Gasteiger partial charge in [-0.2, -0.15) is 5.26 Å². The lowest BCUT2D eigenvalue weighted by Gasteiger charge is -2.08. The second kappa shape index (κ2) is 8.15. The van der Waals surface area contributed by atoms with Crippen molar-refractivity contribution < 1.29 is 14.9 Å². The van der Waals surface area contributed by atoms with Gasteiger partial charge < -0.3 is 19.5 Å². The number of aliphatic hydroxyl groups is 2. The van der Waals surface area contributed by atoms with Crippen molar-refractivity contribution >= 4 is 11.0 Å². The molecular weight excluding hydrogens is 366 g/mol. The molecule has 4 aromatic rings. The van der Waals surface area contributed by atoms with Crippen LogP contribution in [0.1, 0.15) is 11.1 Å². The summed E-state index contributed by atoms with van der Waals surface area (Å²) >= 11 is 0. The molecule has 0 bridgehead atoms. The van der Waals surface area contributed by atoms with Gasteiger partial charge in [0.1, 0.15) is 11.5 Å². The molecule has 2 aromatic carbocycles. The average Bonchev–Trinajstić information content (AvgIpc) is 3.13. The van der Waals surface area contributed by atoms with Gasteiger partial charge in [0.15, 0.2) is 0 Å². The van der Waals surface area contributed by atoms with Crippen LogP contribution >= 0.6 is 0 Å². The van der Waals surface area contributed by atoms with Crippen molar-refractivity contribution in [2.45, 2.75) is 12.5 Å². The Kier molecular flexibility index (Phi) is 5.25. The Morgan fingerprint density at radius 2 is 1.72 bits per heavy atom. The lowest BCUT2D eigenvalue weighted by Crippen LogP contribution is -2.14. The Hall–Kier alpha value is -3.66. The van der Waals surface area contributed by atoms with Gasteiger partial charge >= 0.3 is 0 Å². The molecule has 0 radical (unpaired) electrons. The summed E-state index contributed by atoms with van der Waals surface area (Å²) < 4.78 is 7.84. The van der Waals surface area contributed by atoms with E-state index in [4.69, 9.17) is 15.1 Å². The van der Waals surface area contributed by atoms with Gasteiger partial charge in [-0.05, 0) is 66.2 Å². The van der Waals surface area contributed by atoms with Gasteiger partial charge in [-0.15, -0.1) is 0 Å². The van der Waals surface area contributed by atoms with Crippen molar-refractivity contribution in [2.24, 2.45) is 0 Å². The molecule has 2 N–H and O–H groups in total. The molecule has 0 saturated carbocycles. The number of hydrogen-bond donors (Lipinski definition) is 2. The summed E-state index contributed by atoms with van der Waals surface area (Å²) in [4.78, 5) is 4.44. The van der Waals surface area contributed by atoms with E-state index < -0.39 is 6.10 Å². The lowest BCUT2D eigenvalue weighted by atomic mass is 10.1. The largest absolute Gasteiger partial charge is 0.457 e. The average molecular weight is 385 g/mol. The van der Waals surface area contributed by atoms with Crippen LogP contribution in [0.5, 0.6) is 11.5 Å². The molecule has 0 aliphatic carbocycles. The zero-order valence-electron chi connectivity index (χ0n) is 15.6. The molecule has 0 spiro atoms. The summed E-state index contributed by atoms with van der Waals surface area (Å²) in [6, 6.07) is 20.5. The highest BCUT2D eigenvalue weighted by Crippen LogP contribution is 2.27. The van der Waals surface area contributed by atoms with Crippen LogP contribution in [0.3, 0.4) is 0 Å². The SMILES string of the molecule is N#Cc1ccc(Oc2ccc(-n3cc(C[C@H](O)CO)c4ncccc43)cc2)cc1. The highest BCUT2D eigenvalue weighted by Gasteiger charge is 2.14. The number of fused-ring (bicyclic) bond motifs is 1. The molecule has 6 heteroatoms. The van der Waals surface area contributed by atoms with Gasteiger partial charge in [0, 0.05) is 24.5 Å². The molecule has 1 atom stereocenters. The highest BCUT2D eigenvalue weighted by atomic mass is 16.5. The standard InChI is InChI=1S/C23H19N3O3/c24-13-16-3-7-20(8-4-16)29-21-9-5-18(6-10-21)26-14-17(12-19(28)15-27)23-22(26)2-1-11-25-23/h1-11,14,19,27-28H,12,15H2/t19-/m0/s1. The van der Waals surface area contributed by atoms with Crippen molar-refractivity contribution in [2.75, 3.05) is 6.61 Å². The third-order valence-corrected chi connectivity index (χ3v) is 4.64. The first-order valence-electron chi connectivity index (χ1n) is 9.20. The van der Waals surface area contributed by atoms with Crippen molar-refractivity contribution in [1.29, 1.82) is 5.26 Å². The molecule has 2 aromatic heterocycles. The first-order valence-corrected chi connectivity index (χ1v) is 9.20. The topological polar surface area (TPSA) is 91.3 Å². The molecule has 0 saturated heterocycles. The first kappa shape index (κ1) is 18.7. The molecule has 144 valence electrons. The molecular formula is C23H19N3O3. The maximum atomic E-state index is 9.84. The van der Waals surface area contributed by atoms with E-state index in [-0.39, 0.29) is 6.61 Å². The van der Waals surface area contributed by atoms with Crippen molar-refractivity contribution in [3.8, 4) is 23.3 Å². The van der Waals surface area contributed by atoms with E-state index >= 15 is 0 Å². The van der Waals surface area contributed by atoms with Crippen LogP contribution in [0.4, 0.5) is 0 Å². The van der Waals surface area contributed by atoms with Crippen LogP contribution < -0.4 is 4.74 Å². The third-order valence-electron chi connectivity index (χ3n) is 4.64. The van der Waals surface area contributed by atoms with Gasteiger partial charge in [0.25, 0.3) is 0 Å². The number of aliphatic hydroxyl groups excluding tert-OH is 2. The summed E-state index contributed by atoms with van der Waals surface area (Å²) in [6.45, 7) is -0.291. The lowest BCUT2D eigenvalue weighted by molar-refractivity contribution is 0.0957. The van der Waals surface area contributed by atoms with Gasteiger partial charge in [0.2, 0.25) is 0 Å². The van der Waals surface area contributed by atoms with E-state index in [0.29, 0.717) is 23.5 Å². The van der Waals surface area contributed by atoms with E-state index in [1.807, 2.05) is 47.2 Å². The number of rotatable bonds is 6. The molecule has 0 amide bonds. The molecule has 4 rings (SSSR count). The zero-order valence-corrected chi connectivity index (χ0v) is 15.6. The Bertz CT molecular complexity index is 1160. The molecule has 0 fully saturated rings. The van der Waals surface area contributed by atoms with Gasteiger partial charge in [-0.25, -0.2) is 0 Å². The second-order valence-corrected chi connectivity index (χ2v) is 6.67. The van der Waals surface area contributed by atoms with Gasteiger partial charge in [-0.3, -0.25) is 4.98 Å². The maximum Gasteiger partial charge on any atom is 0.127 e.